The summed E-state index contributed by atoms with van der Waals surface area (Å²) in [5, 5.41) is 0.966. The third kappa shape index (κ3) is 5.55. The molecule has 0 radical (unpaired) electrons. The molecule has 42 heavy (non-hydrogen) atoms. The molecule has 0 aliphatic carbocycles. The second-order valence-corrected chi connectivity index (χ2v) is 9.07. The number of para-hydroxylation sites is 1. The predicted octanol–water partition coefficient (Wildman–Crippen LogP) is 6.95. The zero-order valence-corrected chi connectivity index (χ0v) is 23.5. The van der Waals surface area contributed by atoms with E-state index in [1.807, 2.05) is 54.6 Å². The van der Waals surface area contributed by atoms with E-state index in [1.165, 1.54) is 13.2 Å². The van der Waals surface area contributed by atoms with Gasteiger partial charge in [0.25, 0.3) is 0 Å². The fraction of sp³-hybridized carbons (Fsp3) is 0.118. The molecule has 0 bridgehead atoms. The first-order valence-corrected chi connectivity index (χ1v) is 13.0. The van der Waals surface area contributed by atoms with E-state index in [4.69, 9.17) is 27.8 Å². The summed E-state index contributed by atoms with van der Waals surface area (Å²) in [6, 6.07) is 28.6. The minimum Gasteiger partial charge on any atom is -0.497 e. The quantitative estimate of drug-likeness (QED) is 0.214. The van der Waals surface area contributed by atoms with Crippen molar-refractivity contribution in [3.8, 4) is 45.6 Å². The molecule has 0 fully saturated rings. The van der Waals surface area contributed by atoms with Crippen molar-refractivity contribution in [2.24, 2.45) is 0 Å². The first-order valence-electron chi connectivity index (χ1n) is 13.0. The maximum atomic E-state index is 12.6. The van der Waals surface area contributed by atoms with Crippen molar-refractivity contribution >= 4 is 21.9 Å². The fourth-order valence-corrected chi connectivity index (χ4v) is 4.48. The summed E-state index contributed by atoms with van der Waals surface area (Å²) in [5.74, 6) is 2.97. The molecule has 6 aromatic rings. The molecular weight excluding hydrogens is 536 g/mol. The minimum absolute atomic E-state index is 0.0864. The van der Waals surface area contributed by atoms with Gasteiger partial charge in [0, 0.05) is 23.3 Å². The van der Waals surface area contributed by atoms with Crippen LogP contribution < -0.4 is 29.8 Å². The Morgan fingerprint density at radius 1 is 0.571 bits per heavy atom. The summed E-state index contributed by atoms with van der Waals surface area (Å²) < 4.78 is 32.6. The van der Waals surface area contributed by atoms with Gasteiger partial charge in [0.05, 0.1) is 39.2 Å². The van der Waals surface area contributed by atoms with Crippen LogP contribution in [-0.2, 0) is 0 Å². The van der Waals surface area contributed by atoms with Crippen LogP contribution in [0.2, 0.25) is 0 Å². The zero-order chi connectivity index (χ0) is 29.6. The largest absolute Gasteiger partial charge is 0.497 e. The highest BCUT2D eigenvalue weighted by atomic mass is 16.5. The van der Waals surface area contributed by atoms with Crippen molar-refractivity contribution in [3.63, 3.8) is 0 Å². The molecule has 0 unspecified atom stereocenters. The van der Waals surface area contributed by atoms with Crippen LogP contribution in [0.5, 0.6) is 23.0 Å². The number of methoxy groups -OCH3 is 4. The Morgan fingerprint density at radius 2 is 1.29 bits per heavy atom. The normalized spacial score (nSPS) is 10.6. The molecule has 4 aromatic carbocycles. The summed E-state index contributed by atoms with van der Waals surface area (Å²) in [5.41, 5.74) is 2.19. The lowest BCUT2D eigenvalue weighted by Gasteiger charge is -2.10. The van der Waals surface area contributed by atoms with E-state index in [-0.39, 0.29) is 16.6 Å². The fourth-order valence-electron chi connectivity index (χ4n) is 4.48. The molecule has 0 amide bonds. The van der Waals surface area contributed by atoms with Gasteiger partial charge in [-0.2, -0.15) is 0 Å². The summed E-state index contributed by atoms with van der Waals surface area (Å²) in [7, 11) is 6.18. The molecule has 2 aromatic heterocycles. The first-order chi connectivity index (χ1) is 20.5. The Balaban J connectivity index is 0.000000168. The second-order valence-electron chi connectivity index (χ2n) is 9.07. The standard InChI is InChI=1S/2C17H14O4/c1-19-12-5-3-4-11(8-12)16-10-15(18)14-7-6-13(20-2)9-17(14)21-16;1-19-13-10-6-9-12-14(18)17(20-2)15(21-16(12)13)11-7-4-3-5-8-11/h2*3-10H,1-2H3. The number of benzene rings is 4. The van der Waals surface area contributed by atoms with Crippen LogP contribution in [-0.4, -0.2) is 28.4 Å². The highest BCUT2D eigenvalue weighted by molar-refractivity contribution is 5.86. The van der Waals surface area contributed by atoms with Gasteiger partial charge < -0.3 is 27.8 Å². The van der Waals surface area contributed by atoms with Crippen molar-refractivity contribution in [1.29, 1.82) is 0 Å². The SMILES string of the molecule is COc1c(-c2ccccc2)oc2c(OC)cccc2c1=O.COc1cccc(-c2cc(=O)c3ccc(OC)cc3o2)c1. The van der Waals surface area contributed by atoms with Crippen molar-refractivity contribution in [3.05, 3.63) is 118 Å². The molecule has 0 saturated heterocycles. The molecule has 0 aliphatic rings. The molecular formula is C34H28O8. The van der Waals surface area contributed by atoms with Crippen LogP contribution in [0.4, 0.5) is 0 Å². The lowest BCUT2D eigenvalue weighted by atomic mass is 10.1. The molecule has 6 rings (SSSR count). The number of hydrogen-bond acceptors (Lipinski definition) is 8. The number of rotatable bonds is 6. The number of ether oxygens (including phenoxy) is 4. The molecule has 2 heterocycles. The van der Waals surface area contributed by atoms with Gasteiger partial charge in [-0.25, -0.2) is 0 Å². The highest BCUT2D eigenvalue weighted by Crippen LogP contribution is 2.34. The van der Waals surface area contributed by atoms with Gasteiger partial charge in [-0.05, 0) is 36.4 Å². The molecule has 0 spiro atoms. The van der Waals surface area contributed by atoms with Gasteiger partial charge in [-0.15, -0.1) is 0 Å². The van der Waals surface area contributed by atoms with Crippen LogP contribution in [0.15, 0.2) is 115 Å². The Morgan fingerprint density at radius 3 is 2.00 bits per heavy atom. The van der Waals surface area contributed by atoms with Gasteiger partial charge in [-0.3, -0.25) is 9.59 Å². The van der Waals surface area contributed by atoms with E-state index in [0.717, 1.165) is 11.1 Å². The molecule has 8 nitrogen and oxygen atoms in total. The second kappa shape index (κ2) is 12.3. The summed E-state index contributed by atoms with van der Waals surface area (Å²) in [4.78, 5) is 24.8. The van der Waals surface area contributed by atoms with E-state index in [2.05, 4.69) is 0 Å². The lowest BCUT2D eigenvalue weighted by molar-refractivity contribution is 0.391. The molecule has 212 valence electrons. The number of fused-ring (bicyclic) bond motifs is 2. The van der Waals surface area contributed by atoms with E-state index < -0.39 is 0 Å². The molecule has 0 saturated carbocycles. The van der Waals surface area contributed by atoms with Crippen LogP contribution in [0.25, 0.3) is 44.6 Å². The van der Waals surface area contributed by atoms with Gasteiger partial charge >= 0.3 is 0 Å². The summed E-state index contributed by atoms with van der Waals surface area (Å²) in [6.45, 7) is 0. The molecule has 0 aliphatic heterocycles. The Labute approximate surface area is 241 Å². The van der Waals surface area contributed by atoms with Crippen LogP contribution >= 0.6 is 0 Å². The van der Waals surface area contributed by atoms with Gasteiger partial charge in [0.2, 0.25) is 11.2 Å². The maximum Gasteiger partial charge on any atom is 0.235 e. The van der Waals surface area contributed by atoms with Crippen molar-refractivity contribution in [2.75, 3.05) is 28.4 Å². The average molecular weight is 565 g/mol. The predicted molar refractivity (Wildman–Crippen MR) is 162 cm³/mol. The Kier molecular flexibility index (Phi) is 8.24. The van der Waals surface area contributed by atoms with Crippen molar-refractivity contribution in [1.82, 2.24) is 0 Å². The molecule has 8 heteroatoms. The highest BCUT2D eigenvalue weighted by Gasteiger charge is 2.18. The summed E-state index contributed by atoms with van der Waals surface area (Å²) >= 11 is 0. The van der Waals surface area contributed by atoms with Crippen LogP contribution in [0.3, 0.4) is 0 Å². The van der Waals surface area contributed by atoms with Gasteiger partial charge in [0.15, 0.2) is 22.5 Å². The van der Waals surface area contributed by atoms with E-state index in [0.29, 0.717) is 50.7 Å². The van der Waals surface area contributed by atoms with Crippen molar-refractivity contribution < 1.29 is 27.8 Å². The minimum atomic E-state index is -0.212. The van der Waals surface area contributed by atoms with E-state index in [9.17, 15) is 9.59 Å². The maximum absolute atomic E-state index is 12.6. The smallest absolute Gasteiger partial charge is 0.235 e. The van der Waals surface area contributed by atoms with Crippen LogP contribution in [0.1, 0.15) is 0 Å². The van der Waals surface area contributed by atoms with Gasteiger partial charge in [0.1, 0.15) is 22.8 Å². The first kappa shape index (κ1) is 28.0. The van der Waals surface area contributed by atoms with Crippen LogP contribution in [0, 0.1) is 0 Å². The van der Waals surface area contributed by atoms with Crippen molar-refractivity contribution in [2.45, 2.75) is 0 Å². The average Bonchev–Trinajstić information content (AvgIpc) is 3.04. The molecule has 0 N–H and O–H groups in total. The van der Waals surface area contributed by atoms with E-state index in [1.54, 1.807) is 57.7 Å². The Hall–Kier alpha value is -5.50. The number of hydrogen-bond donors (Lipinski definition) is 0. The van der Waals surface area contributed by atoms with Gasteiger partial charge in [-0.1, -0.05) is 48.5 Å². The third-order valence-corrected chi connectivity index (χ3v) is 6.59. The zero-order valence-electron chi connectivity index (χ0n) is 23.5. The Bertz CT molecular complexity index is 1970. The topological polar surface area (TPSA) is 97.3 Å². The monoisotopic (exact) mass is 564 g/mol. The third-order valence-electron chi connectivity index (χ3n) is 6.59. The van der Waals surface area contributed by atoms with E-state index >= 15 is 0 Å². The summed E-state index contributed by atoms with van der Waals surface area (Å²) in [6.07, 6.45) is 0. The molecule has 0 atom stereocenters. The lowest BCUT2D eigenvalue weighted by Crippen LogP contribution is -2.08.